The van der Waals surface area contributed by atoms with E-state index in [1.54, 1.807) is 13.2 Å². The number of aromatic hydroxyl groups is 1. The van der Waals surface area contributed by atoms with Gasteiger partial charge >= 0.3 is 0 Å². The molecule has 1 aromatic rings. The molecule has 1 fully saturated rings. The Labute approximate surface area is 122 Å². The first-order chi connectivity index (χ1) is 9.58. The van der Waals surface area contributed by atoms with Crippen molar-refractivity contribution in [2.45, 2.75) is 19.4 Å². The first kappa shape index (κ1) is 15.1. The van der Waals surface area contributed by atoms with Crippen molar-refractivity contribution in [3.63, 3.8) is 0 Å². The maximum Gasteiger partial charge on any atom is 0.123 e. The summed E-state index contributed by atoms with van der Waals surface area (Å²) in [4.78, 5) is 4.70. The van der Waals surface area contributed by atoms with E-state index in [0.29, 0.717) is 11.5 Å². The molecule has 0 unspecified atom stereocenters. The zero-order valence-electron chi connectivity index (χ0n) is 12.8. The van der Waals surface area contributed by atoms with Crippen LogP contribution in [-0.2, 0) is 6.54 Å². The summed E-state index contributed by atoms with van der Waals surface area (Å²) in [5.41, 5.74) is 0.983. The summed E-state index contributed by atoms with van der Waals surface area (Å²) in [5, 5.41) is 10.0. The third kappa shape index (κ3) is 4.12. The van der Waals surface area contributed by atoms with Crippen LogP contribution in [0.15, 0.2) is 18.2 Å². The van der Waals surface area contributed by atoms with Gasteiger partial charge in [-0.2, -0.15) is 0 Å². The van der Waals surface area contributed by atoms with Crippen LogP contribution >= 0.6 is 0 Å². The second-order valence-electron chi connectivity index (χ2n) is 5.98. The third-order valence-corrected chi connectivity index (χ3v) is 4.02. The predicted octanol–water partition coefficient (Wildman–Crippen LogP) is 2.17. The van der Waals surface area contributed by atoms with Gasteiger partial charge in [0, 0.05) is 24.7 Å². The minimum Gasteiger partial charge on any atom is -0.507 e. The second kappa shape index (κ2) is 6.95. The fraction of sp³-hybridized carbons (Fsp3) is 0.625. The van der Waals surface area contributed by atoms with Gasteiger partial charge < -0.3 is 14.7 Å². The van der Waals surface area contributed by atoms with Crippen LogP contribution in [0.2, 0.25) is 0 Å². The Bertz CT molecular complexity index is 426. The number of ether oxygens (including phenoxy) is 1. The lowest BCUT2D eigenvalue weighted by molar-refractivity contribution is 0.156. The average molecular weight is 278 g/mol. The number of hydrogen-bond donors (Lipinski definition) is 1. The molecule has 20 heavy (non-hydrogen) atoms. The molecule has 1 N–H and O–H groups in total. The summed E-state index contributed by atoms with van der Waals surface area (Å²) >= 11 is 0. The molecule has 0 amide bonds. The average Bonchev–Trinajstić information content (AvgIpc) is 2.42. The first-order valence-corrected chi connectivity index (χ1v) is 7.31. The van der Waals surface area contributed by atoms with Gasteiger partial charge in [0.2, 0.25) is 0 Å². The Morgan fingerprint density at radius 3 is 2.55 bits per heavy atom. The van der Waals surface area contributed by atoms with Crippen molar-refractivity contribution in [2.24, 2.45) is 5.92 Å². The zero-order chi connectivity index (χ0) is 14.5. The molecular weight excluding hydrogens is 252 g/mol. The summed E-state index contributed by atoms with van der Waals surface area (Å²) in [6, 6.07) is 5.56. The molecule has 0 spiro atoms. The smallest absolute Gasteiger partial charge is 0.123 e. The molecule has 0 aliphatic carbocycles. The van der Waals surface area contributed by atoms with Gasteiger partial charge in [-0.3, -0.25) is 4.90 Å². The predicted molar refractivity (Wildman–Crippen MR) is 81.2 cm³/mol. The van der Waals surface area contributed by atoms with E-state index in [0.717, 1.165) is 31.1 Å². The number of piperidine rings is 1. The first-order valence-electron chi connectivity index (χ1n) is 7.31. The van der Waals surface area contributed by atoms with E-state index in [2.05, 4.69) is 23.9 Å². The number of rotatable bonds is 5. The van der Waals surface area contributed by atoms with Crippen LogP contribution < -0.4 is 4.74 Å². The molecule has 1 aromatic carbocycles. The molecule has 0 radical (unpaired) electrons. The van der Waals surface area contributed by atoms with Crippen LogP contribution in [0, 0.1) is 5.92 Å². The molecule has 0 atom stereocenters. The number of likely N-dealkylation sites (tertiary alicyclic amines) is 1. The summed E-state index contributed by atoms with van der Waals surface area (Å²) in [5.74, 6) is 1.85. The van der Waals surface area contributed by atoms with Gasteiger partial charge in [-0.05, 0) is 52.0 Å². The standard InChI is InChI=1S/C16H26N2O2/c1-17(2)11-13-6-8-18(9-7-13)12-14-4-5-15(20-3)10-16(14)19/h4-5,10,13,19H,6-9,11-12H2,1-3H3. The highest BCUT2D eigenvalue weighted by Gasteiger charge is 2.20. The molecule has 1 aliphatic rings. The fourth-order valence-electron chi connectivity index (χ4n) is 2.89. The number of hydrogen-bond acceptors (Lipinski definition) is 4. The molecule has 0 saturated carbocycles. The van der Waals surface area contributed by atoms with E-state index >= 15 is 0 Å². The van der Waals surface area contributed by atoms with Crippen molar-refractivity contribution in [1.82, 2.24) is 9.80 Å². The Balaban J connectivity index is 1.86. The Kier molecular flexibility index (Phi) is 5.26. The Hall–Kier alpha value is -1.26. The number of nitrogens with zero attached hydrogens (tertiary/aromatic N) is 2. The summed E-state index contributed by atoms with van der Waals surface area (Å²) in [7, 11) is 5.90. The quantitative estimate of drug-likeness (QED) is 0.895. The van der Waals surface area contributed by atoms with Crippen molar-refractivity contribution < 1.29 is 9.84 Å². The minimum atomic E-state index is 0.333. The topological polar surface area (TPSA) is 35.9 Å². The molecule has 4 heteroatoms. The van der Waals surface area contributed by atoms with Crippen LogP contribution in [0.1, 0.15) is 18.4 Å². The van der Waals surface area contributed by atoms with Gasteiger partial charge in [-0.1, -0.05) is 6.07 Å². The maximum absolute atomic E-state index is 10.0. The molecule has 0 aromatic heterocycles. The van der Waals surface area contributed by atoms with E-state index in [-0.39, 0.29) is 0 Å². The number of methoxy groups -OCH3 is 1. The monoisotopic (exact) mass is 278 g/mol. The van der Waals surface area contributed by atoms with Gasteiger partial charge in [0.25, 0.3) is 0 Å². The number of phenols is 1. The molecule has 0 bridgehead atoms. The van der Waals surface area contributed by atoms with Crippen LogP contribution in [0.5, 0.6) is 11.5 Å². The molecule has 1 heterocycles. The SMILES string of the molecule is COc1ccc(CN2CCC(CN(C)C)CC2)c(O)c1. The van der Waals surface area contributed by atoms with Gasteiger partial charge in [-0.15, -0.1) is 0 Å². The maximum atomic E-state index is 10.0. The lowest BCUT2D eigenvalue weighted by atomic mass is 9.96. The van der Waals surface area contributed by atoms with Gasteiger partial charge in [0.15, 0.2) is 0 Å². The lowest BCUT2D eigenvalue weighted by Gasteiger charge is -2.33. The molecule has 1 saturated heterocycles. The van der Waals surface area contributed by atoms with Crippen molar-refractivity contribution >= 4 is 0 Å². The van der Waals surface area contributed by atoms with Gasteiger partial charge in [0.05, 0.1) is 7.11 Å². The molecule has 112 valence electrons. The molecule has 2 rings (SSSR count). The largest absolute Gasteiger partial charge is 0.507 e. The normalized spacial score (nSPS) is 17.6. The number of benzene rings is 1. The van der Waals surface area contributed by atoms with Crippen molar-refractivity contribution in [3.8, 4) is 11.5 Å². The van der Waals surface area contributed by atoms with E-state index in [4.69, 9.17) is 4.74 Å². The van der Waals surface area contributed by atoms with Crippen LogP contribution in [0.25, 0.3) is 0 Å². The molecule has 1 aliphatic heterocycles. The Morgan fingerprint density at radius 2 is 2.00 bits per heavy atom. The summed E-state index contributed by atoms with van der Waals surface area (Å²) < 4.78 is 5.11. The highest BCUT2D eigenvalue weighted by Crippen LogP contribution is 2.26. The van der Waals surface area contributed by atoms with Crippen LogP contribution in [0.4, 0.5) is 0 Å². The van der Waals surface area contributed by atoms with Crippen molar-refractivity contribution in [2.75, 3.05) is 40.8 Å². The number of phenolic OH excluding ortho intramolecular Hbond substituents is 1. The highest BCUT2D eigenvalue weighted by atomic mass is 16.5. The van der Waals surface area contributed by atoms with Gasteiger partial charge in [-0.25, -0.2) is 0 Å². The Morgan fingerprint density at radius 1 is 1.30 bits per heavy atom. The van der Waals surface area contributed by atoms with Gasteiger partial charge in [0.1, 0.15) is 11.5 Å². The van der Waals surface area contributed by atoms with Crippen molar-refractivity contribution in [1.29, 1.82) is 0 Å². The third-order valence-electron chi connectivity index (χ3n) is 4.02. The van der Waals surface area contributed by atoms with E-state index in [9.17, 15) is 5.11 Å². The summed E-state index contributed by atoms with van der Waals surface area (Å²) in [6.45, 7) is 4.24. The van der Waals surface area contributed by atoms with E-state index in [1.807, 2.05) is 12.1 Å². The minimum absolute atomic E-state index is 0.333. The van der Waals surface area contributed by atoms with Crippen LogP contribution in [-0.4, -0.2) is 55.7 Å². The van der Waals surface area contributed by atoms with Crippen molar-refractivity contribution in [3.05, 3.63) is 23.8 Å². The molecular formula is C16H26N2O2. The second-order valence-corrected chi connectivity index (χ2v) is 5.98. The molecule has 4 nitrogen and oxygen atoms in total. The van der Waals surface area contributed by atoms with E-state index < -0.39 is 0 Å². The highest BCUT2D eigenvalue weighted by molar-refractivity contribution is 5.39. The zero-order valence-corrected chi connectivity index (χ0v) is 12.8. The fourth-order valence-corrected chi connectivity index (χ4v) is 2.89. The van der Waals surface area contributed by atoms with E-state index in [1.165, 1.54) is 19.4 Å². The summed E-state index contributed by atoms with van der Waals surface area (Å²) in [6.07, 6.45) is 2.49. The lowest BCUT2D eigenvalue weighted by Crippen LogP contribution is -2.36. The van der Waals surface area contributed by atoms with Crippen LogP contribution in [0.3, 0.4) is 0 Å².